The van der Waals surface area contributed by atoms with E-state index in [4.69, 9.17) is 9.47 Å². The molecule has 0 atom stereocenters. The number of ether oxygens (including phenoxy) is 2. The van der Waals surface area contributed by atoms with Gasteiger partial charge in [-0.25, -0.2) is 9.97 Å². The Morgan fingerprint density at radius 2 is 1.90 bits per heavy atom. The lowest BCUT2D eigenvalue weighted by Gasteiger charge is -2.10. The monoisotopic (exact) mass is 282 g/mol. The minimum absolute atomic E-state index is 0.560. The molecule has 0 unspecified atom stereocenters. The fourth-order valence-corrected chi connectivity index (χ4v) is 2.39. The lowest BCUT2D eigenvalue weighted by molar-refractivity contribution is 0.275. The third kappa shape index (κ3) is 1.79. The Hall–Kier alpha value is -2.76. The molecule has 0 aliphatic carbocycles. The number of benzene rings is 1. The Bertz CT molecular complexity index is 930. The van der Waals surface area contributed by atoms with Crippen LogP contribution in [0.3, 0.4) is 0 Å². The number of hydrogen-bond donors (Lipinski definition) is 1. The van der Waals surface area contributed by atoms with Crippen molar-refractivity contribution in [1.29, 1.82) is 0 Å². The highest BCUT2D eigenvalue weighted by Gasteiger charge is 2.14. The first-order chi connectivity index (χ1) is 10.1. The Kier molecular flexibility index (Phi) is 2.35. The minimum atomic E-state index is 0.560. The second kappa shape index (κ2) is 4.12. The standard InChI is InChI=1S/C15H14N4O2/c1-8-6-21-14(7-20-8)15-17-10-4-12-13(5-11(10)18-15)19(3)9(2)16-12/h4-7H,1-3H3,(H,17,18). The number of hydrogen-bond acceptors (Lipinski definition) is 4. The number of fused-ring (bicyclic) bond motifs is 2. The zero-order chi connectivity index (χ0) is 14.6. The first-order valence-electron chi connectivity index (χ1n) is 6.65. The van der Waals surface area contributed by atoms with Crippen LogP contribution < -0.4 is 0 Å². The van der Waals surface area contributed by atoms with E-state index in [1.165, 1.54) is 0 Å². The lowest BCUT2D eigenvalue weighted by atomic mass is 10.3. The molecule has 6 nitrogen and oxygen atoms in total. The van der Waals surface area contributed by atoms with Gasteiger partial charge in [-0.2, -0.15) is 0 Å². The Balaban J connectivity index is 1.85. The van der Waals surface area contributed by atoms with Crippen LogP contribution in [0.25, 0.3) is 27.8 Å². The maximum atomic E-state index is 5.49. The second-order valence-corrected chi connectivity index (χ2v) is 5.11. The number of aromatic amines is 1. The molecule has 0 amide bonds. The molecule has 0 saturated heterocycles. The molecular weight excluding hydrogens is 268 g/mol. The van der Waals surface area contributed by atoms with E-state index >= 15 is 0 Å². The van der Waals surface area contributed by atoms with Gasteiger partial charge >= 0.3 is 0 Å². The van der Waals surface area contributed by atoms with Crippen molar-refractivity contribution < 1.29 is 9.47 Å². The molecule has 1 aliphatic heterocycles. The number of H-pyrrole nitrogens is 1. The largest absolute Gasteiger partial charge is 0.462 e. The van der Waals surface area contributed by atoms with E-state index in [9.17, 15) is 0 Å². The molecule has 6 heteroatoms. The fraction of sp³-hybridized carbons (Fsp3) is 0.200. The smallest absolute Gasteiger partial charge is 0.204 e. The first kappa shape index (κ1) is 12.0. The average molecular weight is 282 g/mol. The predicted molar refractivity (Wildman–Crippen MR) is 79.0 cm³/mol. The van der Waals surface area contributed by atoms with Gasteiger partial charge in [0.2, 0.25) is 5.76 Å². The quantitative estimate of drug-likeness (QED) is 0.745. The van der Waals surface area contributed by atoms with Gasteiger partial charge in [-0.15, -0.1) is 0 Å². The summed E-state index contributed by atoms with van der Waals surface area (Å²) < 4.78 is 12.9. The van der Waals surface area contributed by atoms with Crippen molar-refractivity contribution >= 4 is 27.8 Å². The maximum Gasteiger partial charge on any atom is 0.204 e. The van der Waals surface area contributed by atoms with Gasteiger partial charge in [-0.1, -0.05) is 0 Å². The van der Waals surface area contributed by atoms with Crippen molar-refractivity contribution in [2.75, 3.05) is 0 Å². The van der Waals surface area contributed by atoms with Crippen LogP contribution in [0.1, 0.15) is 18.6 Å². The molecule has 0 fully saturated rings. The van der Waals surface area contributed by atoms with Crippen LogP contribution in [0.2, 0.25) is 0 Å². The van der Waals surface area contributed by atoms with Crippen LogP contribution in [0.15, 0.2) is 30.4 Å². The zero-order valence-electron chi connectivity index (χ0n) is 12.0. The molecule has 3 heterocycles. The molecular formula is C15H14N4O2. The average Bonchev–Trinajstić information content (AvgIpc) is 2.99. The third-order valence-corrected chi connectivity index (χ3v) is 3.64. The summed E-state index contributed by atoms with van der Waals surface area (Å²) in [5.74, 6) is 2.89. The molecule has 3 aromatic rings. The van der Waals surface area contributed by atoms with Gasteiger partial charge in [-0.3, -0.25) is 0 Å². The second-order valence-electron chi connectivity index (χ2n) is 5.11. The Morgan fingerprint density at radius 3 is 2.67 bits per heavy atom. The van der Waals surface area contributed by atoms with E-state index in [-0.39, 0.29) is 0 Å². The fourth-order valence-electron chi connectivity index (χ4n) is 2.39. The summed E-state index contributed by atoms with van der Waals surface area (Å²) >= 11 is 0. The predicted octanol–water partition coefficient (Wildman–Crippen LogP) is 2.96. The molecule has 0 spiro atoms. The highest BCUT2D eigenvalue weighted by Crippen LogP contribution is 2.25. The molecule has 1 aromatic carbocycles. The van der Waals surface area contributed by atoms with Crippen molar-refractivity contribution in [3.05, 3.63) is 42.1 Å². The minimum Gasteiger partial charge on any atom is -0.462 e. The molecule has 106 valence electrons. The topological polar surface area (TPSA) is 65.0 Å². The number of aromatic nitrogens is 4. The highest BCUT2D eigenvalue weighted by molar-refractivity contribution is 5.92. The Labute approximate surface area is 120 Å². The van der Waals surface area contributed by atoms with Gasteiger partial charge in [0.25, 0.3) is 0 Å². The van der Waals surface area contributed by atoms with Crippen LogP contribution in [0.5, 0.6) is 0 Å². The number of imidazole rings is 2. The molecule has 1 N–H and O–H groups in total. The summed E-state index contributed by atoms with van der Waals surface area (Å²) in [4.78, 5) is 12.3. The Morgan fingerprint density at radius 1 is 1.05 bits per heavy atom. The van der Waals surface area contributed by atoms with Crippen LogP contribution in [0, 0.1) is 6.92 Å². The van der Waals surface area contributed by atoms with Gasteiger partial charge in [0.15, 0.2) is 5.82 Å². The van der Waals surface area contributed by atoms with Crippen LogP contribution >= 0.6 is 0 Å². The lowest BCUT2D eigenvalue weighted by Crippen LogP contribution is -1.97. The summed E-state index contributed by atoms with van der Waals surface area (Å²) in [6, 6.07) is 4.02. The van der Waals surface area contributed by atoms with E-state index in [1.807, 2.05) is 33.0 Å². The van der Waals surface area contributed by atoms with Crippen molar-refractivity contribution in [3.8, 4) is 0 Å². The summed E-state index contributed by atoms with van der Waals surface area (Å²) in [7, 11) is 2.00. The zero-order valence-corrected chi connectivity index (χ0v) is 12.0. The van der Waals surface area contributed by atoms with E-state index in [0.717, 1.165) is 27.9 Å². The summed E-state index contributed by atoms with van der Waals surface area (Å²) in [5.41, 5.74) is 3.80. The molecule has 4 rings (SSSR count). The molecule has 0 saturated carbocycles. The van der Waals surface area contributed by atoms with Crippen molar-refractivity contribution in [1.82, 2.24) is 19.5 Å². The van der Waals surface area contributed by atoms with E-state index in [1.54, 1.807) is 12.5 Å². The van der Waals surface area contributed by atoms with E-state index < -0.39 is 0 Å². The van der Waals surface area contributed by atoms with Crippen LogP contribution in [-0.4, -0.2) is 19.5 Å². The summed E-state index contributed by atoms with van der Waals surface area (Å²) in [6.07, 6.45) is 3.11. The summed E-state index contributed by atoms with van der Waals surface area (Å²) in [5, 5.41) is 0. The number of aryl methyl sites for hydroxylation is 2. The third-order valence-electron chi connectivity index (χ3n) is 3.64. The summed E-state index contributed by atoms with van der Waals surface area (Å²) in [6.45, 7) is 3.81. The molecule has 21 heavy (non-hydrogen) atoms. The van der Waals surface area contributed by atoms with Crippen molar-refractivity contribution in [2.45, 2.75) is 13.8 Å². The SMILES string of the molecule is CC1=COC(c2nc3cc4c(cc3[nH]2)nc(C)n4C)=CO1. The van der Waals surface area contributed by atoms with Gasteiger partial charge < -0.3 is 19.0 Å². The number of nitrogens with one attached hydrogen (secondary N) is 1. The highest BCUT2D eigenvalue weighted by atomic mass is 16.5. The molecule has 2 aromatic heterocycles. The van der Waals surface area contributed by atoms with E-state index in [2.05, 4.69) is 19.5 Å². The van der Waals surface area contributed by atoms with Crippen molar-refractivity contribution in [3.63, 3.8) is 0 Å². The van der Waals surface area contributed by atoms with Gasteiger partial charge in [-0.05, 0) is 26.0 Å². The normalized spacial score (nSPS) is 14.8. The number of allylic oxidation sites excluding steroid dienone is 1. The van der Waals surface area contributed by atoms with Gasteiger partial charge in [0.05, 0.1) is 22.1 Å². The van der Waals surface area contributed by atoms with Crippen LogP contribution in [0.4, 0.5) is 0 Å². The maximum absolute atomic E-state index is 5.49. The number of rotatable bonds is 1. The molecule has 0 radical (unpaired) electrons. The van der Waals surface area contributed by atoms with Gasteiger partial charge in [0.1, 0.15) is 24.1 Å². The van der Waals surface area contributed by atoms with E-state index in [0.29, 0.717) is 17.3 Å². The van der Waals surface area contributed by atoms with Crippen LogP contribution in [-0.2, 0) is 16.5 Å². The van der Waals surface area contributed by atoms with Crippen molar-refractivity contribution in [2.24, 2.45) is 7.05 Å². The molecule has 1 aliphatic rings. The molecule has 0 bridgehead atoms. The number of nitrogens with zero attached hydrogens (tertiary/aromatic N) is 3. The van der Waals surface area contributed by atoms with Gasteiger partial charge in [0, 0.05) is 7.05 Å². The first-order valence-corrected chi connectivity index (χ1v) is 6.65.